The second-order valence-corrected chi connectivity index (χ2v) is 3.13. The predicted octanol–water partition coefficient (Wildman–Crippen LogP) is 1.32. The first-order valence-electron chi connectivity index (χ1n) is 4.35. The molecule has 4 heteroatoms. The van der Waals surface area contributed by atoms with Gasteiger partial charge in [-0.05, 0) is 6.07 Å². The second kappa shape index (κ2) is 3.52. The van der Waals surface area contributed by atoms with Gasteiger partial charge in [-0.2, -0.15) is 0 Å². The Morgan fingerprint density at radius 1 is 1.40 bits per heavy atom. The zero-order valence-corrected chi connectivity index (χ0v) is 7.68. The maximum atomic E-state index is 10.8. The first-order valence-corrected chi connectivity index (χ1v) is 4.35. The Hall–Kier alpha value is -2.19. The van der Waals surface area contributed by atoms with Crippen LogP contribution >= 0.6 is 0 Å². The predicted molar refractivity (Wildman–Crippen MR) is 54.8 cm³/mol. The average molecular weight is 201 g/mol. The van der Waals surface area contributed by atoms with Gasteiger partial charge in [0.05, 0.1) is 11.3 Å². The zero-order chi connectivity index (χ0) is 10.8. The van der Waals surface area contributed by atoms with Gasteiger partial charge in [0.25, 0.3) is 0 Å². The third kappa shape index (κ3) is 1.47. The molecule has 2 rings (SSSR count). The SMILES string of the molecule is O=C=C1c2ccccc2N=CC1C(=O)O. The van der Waals surface area contributed by atoms with Gasteiger partial charge in [-0.15, -0.1) is 0 Å². The topological polar surface area (TPSA) is 66.7 Å². The van der Waals surface area contributed by atoms with Crippen LogP contribution in [0.25, 0.3) is 5.57 Å². The maximum absolute atomic E-state index is 10.8. The molecule has 1 aliphatic heterocycles. The third-order valence-electron chi connectivity index (χ3n) is 2.24. The molecule has 0 saturated heterocycles. The molecule has 1 atom stereocenters. The molecule has 1 N–H and O–H groups in total. The van der Waals surface area contributed by atoms with Crippen molar-refractivity contribution in [3.8, 4) is 0 Å². The summed E-state index contributed by atoms with van der Waals surface area (Å²) in [6, 6.07) is 6.90. The van der Waals surface area contributed by atoms with Crippen LogP contribution in [0.3, 0.4) is 0 Å². The lowest BCUT2D eigenvalue weighted by molar-refractivity contribution is -0.137. The Morgan fingerprint density at radius 3 is 2.80 bits per heavy atom. The van der Waals surface area contributed by atoms with E-state index in [-0.39, 0.29) is 5.57 Å². The van der Waals surface area contributed by atoms with Gasteiger partial charge >= 0.3 is 5.97 Å². The number of para-hydroxylation sites is 1. The summed E-state index contributed by atoms with van der Waals surface area (Å²) < 4.78 is 0. The van der Waals surface area contributed by atoms with E-state index in [1.807, 2.05) is 0 Å². The fraction of sp³-hybridized carbons (Fsp3) is 0.0909. The highest BCUT2D eigenvalue weighted by Gasteiger charge is 2.27. The fourth-order valence-corrected chi connectivity index (χ4v) is 1.52. The van der Waals surface area contributed by atoms with E-state index in [2.05, 4.69) is 4.99 Å². The second-order valence-electron chi connectivity index (χ2n) is 3.13. The van der Waals surface area contributed by atoms with Crippen LogP contribution in [0.1, 0.15) is 5.56 Å². The minimum absolute atomic E-state index is 0.133. The monoisotopic (exact) mass is 201 g/mol. The summed E-state index contributed by atoms with van der Waals surface area (Å²) >= 11 is 0. The lowest BCUT2D eigenvalue weighted by Crippen LogP contribution is -2.19. The highest BCUT2D eigenvalue weighted by atomic mass is 16.4. The number of hydrogen-bond donors (Lipinski definition) is 1. The normalized spacial score (nSPS) is 18.1. The van der Waals surface area contributed by atoms with Crippen molar-refractivity contribution in [1.29, 1.82) is 0 Å². The summed E-state index contributed by atoms with van der Waals surface area (Å²) in [5.74, 6) is -0.394. The number of hydrogen-bond acceptors (Lipinski definition) is 3. The van der Waals surface area contributed by atoms with Gasteiger partial charge in [0.2, 0.25) is 0 Å². The Bertz CT molecular complexity index is 498. The maximum Gasteiger partial charge on any atom is 0.317 e. The molecule has 0 aliphatic carbocycles. The van der Waals surface area contributed by atoms with Crippen molar-refractivity contribution < 1.29 is 14.7 Å². The van der Waals surface area contributed by atoms with E-state index in [4.69, 9.17) is 5.11 Å². The summed E-state index contributed by atoms with van der Waals surface area (Å²) in [6.07, 6.45) is 1.25. The molecular formula is C11H7NO3. The summed E-state index contributed by atoms with van der Waals surface area (Å²) in [5.41, 5.74) is 1.28. The van der Waals surface area contributed by atoms with Crippen LogP contribution < -0.4 is 0 Å². The quantitative estimate of drug-likeness (QED) is 0.697. The van der Waals surface area contributed by atoms with Gasteiger partial charge < -0.3 is 5.11 Å². The van der Waals surface area contributed by atoms with Gasteiger partial charge in [-0.3, -0.25) is 9.79 Å². The number of fused-ring (bicyclic) bond motifs is 1. The Kier molecular flexibility index (Phi) is 2.20. The molecule has 0 aromatic heterocycles. The van der Waals surface area contributed by atoms with E-state index in [1.54, 1.807) is 30.2 Å². The molecule has 1 heterocycles. The molecular weight excluding hydrogens is 194 g/mol. The standard InChI is InChI=1S/C11H7NO3/c13-6-9-7-3-1-2-4-10(7)12-5-8(9)11(14)15/h1-5,8H,(H,14,15). The number of carboxylic acid groups (broad SMARTS) is 1. The number of carbonyl (C=O) groups is 1. The van der Waals surface area contributed by atoms with Crippen LogP contribution in [-0.2, 0) is 9.59 Å². The van der Waals surface area contributed by atoms with E-state index in [1.165, 1.54) is 6.21 Å². The molecule has 1 unspecified atom stereocenters. The van der Waals surface area contributed by atoms with Crippen LogP contribution in [0, 0.1) is 5.92 Å². The Balaban J connectivity index is 2.61. The van der Waals surface area contributed by atoms with Crippen molar-refractivity contribution in [3.63, 3.8) is 0 Å². The highest BCUT2D eigenvalue weighted by Crippen LogP contribution is 2.33. The van der Waals surface area contributed by atoms with E-state index in [0.29, 0.717) is 11.3 Å². The molecule has 1 aromatic rings. The van der Waals surface area contributed by atoms with Gasteiger partial charge in [0, 0.05) is 11.8 Å². The van der Waals surface area contributed by atoms with Crippen molar-refractivity contribution in [2.75, 3.05) is 0 Å². The van der Waals surface area contributed by atoms with E-state index in [9.17, 15) is 9.59 Å². The van der Waals surface area contributed by atoms with Gasteiger partial charge in [0.1, 0.15) is 11.9 Å². The van der Waals surface area contributed by atoms with Crippen molar-refractivity contribution >= 4 is 29.4 Å². The Labute approximate surface area is 85.6 Å². The number of rotatable bonds is 1. The number of carboxylic acids is 1. The van der Waals surface area contributed by atoms with Crippen LogP contribution in [0.15, 0.2) is 29.3 Å². The van der Waals surface area contributed by atoms with E-state index in [0.717, 1.165) is 0 Å². The number of aliphatic carboxylic acids is 1. The molecule has 0 saturated carbocycles. The van der Waals surface area contributed by atoms with Gasteiger partial charge in [0.15, 0.2) is 0 Å². The first kappa shape index (κ1) is 9.37. The van der Waals surface area contributed by atoms with Crippen LogP contribution in [0.4, 0.5) is 5.69 Å². The summed E-state index contributed by atoms with van der Waals surface area (Å²) in [5, 5.41) is 8.87. The molecule has 1 aliphatic rings. The molecule has 0 fully saturated rings. The number of carbonyl (C=O) groups excluding carboxylic acids is 1. The Morgan fingerprint density at radius 2 is 2.13 bits per heavy atom. The van der Waals surface area contributed by atoms with Crippen molar-refractivity contribution in [3.05, 3.63) is 29.8 Å². The van der Waals surface area contributed by atoms with E-state index < -0.39 is 11.9 Å². The number of benzene rings is 1. The van der Waals surface area contributed by atoms with Crippen molar-refractivity contribution in [2.45, 2.75) is 0 Å². The van der Waals surface area contributed by atoms with Crippen LogP contribution in [0.2, 0.25) is 0 Å². The summed E-state index contributed by atoms with van der Waals surface area (Å²) in [7, 11) is 0. The number of aliphatic imine (C=N–C) groups is 1. The van der Waals surface area contributed by atoms with E-state index >= 15 is 0 Å². The lowest BCUT2D eigenvalue weighted by Gasteiger charge is -2.15. The smallest absolute Gasteiger partial charge is 0.317 e. The molecule has 15 heavy (non-hydrogen) atoms. The third-order valence-corrected chi connectivity index (χ3v) is 2.24. The molecule has 0 spiro atoms. The number of nitrogens with zero attached hydrogens (tertiary/aromatic N) is 1. The summed E-state index contributed by atoms with van der Waals surface area (Å²) in [4.78, 5) is 25.6. The molecule has 1 aromatic carbocycles. The minimum Gasteiger partial charge on any atom is -0.480 e. The molecule has 74 valence electrons. The van der Waals surface area contributed by atoms with Gasteiger partial charge in [-0.1, -0.05) is 18.2 Å². The first-order chi connectivity index (χ1) is 7.24. The zero-order valence-electron chi connectivity index (χ0n) is 7.68. The lowest BCUT2D eigenvalue weighted by atomic mass is 9.91. The minimum atomic E-state index is -1.09. The highest BCUT2D eigenvalue weighted by molar-refractivity contribution is 6.12. The van der Waals surface area contributed by atoms with Crippen LogP contribution in [-0.4, -0.2) is 23.2 Å². The summed E-state index contributed by atoms with van der Waals surface area (Å²) in [6.45, 7) is 0. The fourth-order valence-electron chi connectivity index (χ4n) is 1.52. The molecule has 0 bridgehead atoms. The van der Waals surface area contributed by atoms with Gasteiger partial charge in [-0.25, -0.2) is 4.79 Å². The van der Waals surface area contributed by atoms with Crippen molar-refractivity contribution in [1.82, 2.24) is 0 Å². The molecule has 0 radical (unpaired) electrons. The molecule has 0 amide bonds. The van der Waals surface area contributed by atoms with Crippen LogP contribution in [0.5, 0.6) is 0 Å². The van der Waals surface area contributed by atoms with Crippen molar-refractivity contribution in [2.24, 2.45) is 10.9 Å². The average Bonchev–Trinajstić information content (AvgIpc) is 2.27. The molecule has 4 nitrogen and oxygen atoms in total. The largest absolute Gasteiger partial charge is 0.480 e.